The molecule has 0 unspecified atom stereocenters. The number of carbonyl (C=O) groups is 1. The minimum absolute atomic E-state index is 0.206. The molecule has 2 heteroatoms. The molecule has 0 atom stereocenters. The number of amides is 1. The zero-order chi connectivity index (χ0) is 18.6. The monoisotopic (exact) mass is 351 g/mol. The first kappa shape index (κ1) is 24.2. The van der Waals surface area contributed by atoms with Crippen LogP contribution < -0.4 is 5.73 Å². The Kier molecular flexibility index (Phi) is 18.9. The van der Waals surface area contributed by atoms with Crippen molar-refractivity contribution in [2.45, 2.75) is 129 Å². The Morgan fingerprint density at radius 2 is 1.04 bits per heavy atom. The number of unbranched alkanes of at least 4 members (excludes halogenated alkanes) is 15. The van der Waals surface area contributed by atoms with Gasteiger partial charge in [0, 0.05) is 5.57 Å². The first-order chi connectivity index (χ1) is 12.2. The third-order valence-corrected chi connectivity index (χ3v) is 5.06. The molecule has 0 spiro atoms. The van der Waals surface area contributed by atoms with E-state index in [0.717, 1.165) is 24.8 Å². The van der Waals surface area contributed by atoms with Gasteiger partial charge in [-0.3, -0.25) is 4.79 Å². The van der Waals surface area contributed by atoms with Gasteiger partial charge in [0.15, 0.2) is 0 Å². The number of allylic oxidation sites excluding steroid dienone is 1. The van der Waals surface area contributed by atoms with Crippen LogP contribution in [0, 0.1) is 0 Å². The third-order valence-electron chi connectivity index (χ3n) is 5.06. The summed E-state index contributed by atoms with van der Waals surface area (Å²) in [6.07, 6.45) is 25.1. The van der Waals surface area contributed by atoms with Gasteiger partial charge in [-0.25, -0.2) is 0 Å². The van der Waals surface area contributed by atoms with Crippen LogP contribution in [-0.4, -0.2) is 5.91 Å². The maximum Gasteiger partial charge on any atom is 0.244 e. The van der Waals surface area contributed by atoms with Crippen molar-refractivity contribution in [2.24, 2.45) is 5.73 Å². The molecule has 25 heavy (non-hydrogen) atoms. The minimum Gasteiger partial charge on any atom is -0.366 e. The molecule has 0 aromatic rings. The van der Waals surface area contributed by atoms with E-state index in [9.17, 15) is 4.79 Å². The molecule has 0 aromatic carbocycles. The average Bonchev–Trinajstić information content (AvgIpc) is 2.60. The molecule has 0 saturated carbocycles. The number of hydrogen-bond donors (Lipinski definition) is 1. The first-order valence-corrected chi connectivity index (χ1v) is 11.2. The molecule has 0 rings (SSSR count). The summed E-state index contributed by atoms with van der Waals surface area (Å²) in [7, 11) is 0. The van der Waals surface area contributed by atoms with E-state index in [4.69, 9.17) is 5.73 Å². The highest BCUT2D eigenvalue weighted by Crippen LogP contribution is 2.15. The maximum atomic E-state index is 11.6. The predicted molar refractivity (Wildman–Crippen MR) is 112 cm³/mol. The van der Waals surface area contributed by atoms with Gasteiger partial charge in [0.05, 0.1) is 0 Å². The summed E-state index contributed by atoms with van der Waals surface area (Å²) in [6.45, 7) is 4.52. The molecular weight excluding hydrogens is 306 g/mol. The summed E-state index contributed by atoms with van der Waals surface area (Å²) in [4.78, 5) is 11.6. The Morgan fingerprint density at radius 1 is 0.640 bits per heavy atom. The van der Waals surface area contributed by atoms with Crippen molar-refractivity contribution in [1.82, 2.24) is 0 Å². The fourth-order valence-corrected chi connectivity index (χ4v) is 3.33. The number of nitrogens with two attached hydrogens (primary N) is 1. The summed E-state index contributed by atoms with van der Waals surface area (Å²) in [5, 5.41) is 0. The fourth-order valence-electron chi connectivity index (χ4n) is 3.33. The van der Waals surface area contributed by atoms with E-state index in [2.05, 4.69) is 19.9 Å². The van der Waals surface area contributed by atoms with Gasteiger partial charge in [0.25, 0.3) is 0 Å². The second kappa shape index (κ2) is 19.5. The Hall–Kier alpha value is -0.790. The smallest absolute Gasteiger partial charge is 0.244 e. The molecule has 1 amide bonds. The largest absolute Gasteiger partial charge is 0.366 e. The summed E-state index contributed by atoms with van der Waals surface area (Å²) in [6, 6.07) is 0. The lowest BCUT2D eigenvalue weighted by Crippen LogP contribution is -2.14. The molecule has 0 bridgehead atoms. The summed E-state index contributed by atoms with van der Waals surface area (Å²) < 4.78 is 0. The second-order valence-electron chi connectivity index (χ2n) is 7.58. The van der Waals surface area contributed by atoms with Crippen LogP contribution >= 0.6 is 0 Å². The fraction of sp³-hybridized carbons (Fsp3) is 0.870. The van der Waals surface area contributed by atoms with E-state index in [1.54, 1.807) is 0 Å². The normalized spacial score (nSPS) is 11.8. The number of rotatable bonds is 19. The molecule has 0 aromatic heterocycles. The molecule has 2 nitrogen and oxygen atoms in total. The second-order valence-corrected chi connectivity index (χ2v) is 7.58. The van der Waals surface area contributed by atoms with Crippen LogP contribution in [0.2, 0.25) is 0 Å². The molecule has 0 heterocycles. The van der Waals surface area contributed by atoms with E-state index in [1.165, 1.54) is 96.3 Å². The van der Waals surface area contributed by atoms with Crippen molar-refractivity contribution in [3.05, 3.63) is 11.6 Å². The average molecular weight is 352 g/mol. The summed E-state index contributed by atoms with van der Waals surface area (Å²) in [5.74, 6) is -0.206. The minimum atomic E-state index is -0.206. The Balaban J connectivity index is 3.62. The zero-order valence-electron chi connectivity index (χ0n) is 17.3. The number of primary amides is 1. The van der Waals surface area contributed by atoms with Crippen molar-refractivity contribution in [3.63, 3.8) is 0 Å². The lowest BCUT2D eigenvalue weighted by molar-refractivity contribution is -0.114. The van der Waals surface area contributed by atoms with Crippen LogP contribution in [0.5, 0.6) is 0 Å². The molecule has 2 N–H and O–H groups in total. The van der Waals surface area contributed by atoms with E-state index in [1.807, 2.05) is 0 Å². The quantitative estimate of drug-likeness (QED) is 0.190. The Morgan fingerprint density at radius 3 is 1.48 bits per heavy atom. The van der Waals surface area contributed by atoms with Gasteiger partial charge in [0.1, 0.15) is 0 Å². The van der Waals surface area contributed by atoms with Crippen LogP contribution in [0.4, 0.5) is 0 Å². The molecule has 0 fully saturated rings. The molecule has 0 aliphatic heterocycles. The van der Waals surface area contributed by atoms with Crippen LogP contribution in [0.3, 0.4) is 0 Å². The van der Waals surface area contributed by atoms with Gasteiger partial charge >= 0.3 is 0 Å². The van der Waals surface area contributed by atoms with Crippen LogP contribution in [0.1, 0.15) is 129 Å². The van der Waals surface area contributed by atoms with E-state index < -0.39 is 0 Å². The molecule has 0 aliphatic carbocycles. The van der Waals surface area contributed by atoms with Crippen molar-refractivity contribution >= 4 is 5.91 Å². The predicted octanol–water partition coefficient (Wildman–Crippen LogP) is 7.46. The van der Waals surface area contributed by atoms with Crippen molar-refractivity contribution in [1.29, 1.82) is 0 Å². The first-order valence-electron chi connectivity index (χ1n) is 11.2. The molecular formula is C23H45NO. The molecule has 148 valence electrons. The Labute approximate surface area is 158 Å². The molecule has 0 aliphatic rings. The summed E-state index contributed by atoms with van der Waals surface area (Å²) >= 11 is 0. The van der Waals surface area contributed by atoms with Crippen LogP contribution in [0.25, 0.3) is 0 Å². The standard InChI is InChI=1S/C23H45NO/c1-3-5-7-9-11-13-15-17-19-21-22(23(24)25)20-18-16-14-12-10-8-6-4-2/h21H,3-20H2,1-2H3,(H2,24,25)/b22-21-. The van der Waals surface area contributed by atoms with Crippen LogP contribution in [-0.2, 0) is 4.79 Å². The highest BCUT2D eigenvalue weighted by molar-refractivity contribution is 5.91. The van der Waals surface area contributed by atoms with E-state index in [0.29, 0.717) is 0 Å². The van der Waals surface area contributed by atoms with Crippen molar-refractivity contribution < 1.29 is 4.79 Å². The third kappa shape index (κ3) is 17.8. The van der Waals surface area contributed by atoms with Gasteiger partial charge in [-0.2, -0.15) is 0 Å². The van der Waals surface area contributed by atoms with Gasteiger partial charge in [-0.1, -0.05) is 110 Å². The van der Waals surface area contributed by atoms with Gasteiger partial charge in [-0.05, 0) is 25.7 Å². The zero-order valence-corrected chi connectivity index (χ0v) is 17.3. The number of hydrogen-bond acceptors (Lipinski definition) is 1. The lowest BCUT2D eigenvalue weighted by Gasteiger charge is -2.05. The number of carbonyl (C=O) groups excluding carboxylic acids is 1. The molecule has 0 saturated heterocycles. The Bertz CT molecular complexity index is 322. The topological polar surface area (TPSA) is 43.1 Å². The molecule has 0 radical (unpaired) electrons. The summed E-state index contributed by atoms with van der Waals surface area (Å²) in [5.41, 5.74) is 6.40. The van der Waals surface area contributed by atoms with E-state index >= 15 is 0 Å². The van der Waals surface area contributed by atoms with Crippen molar-refractivity contribution in [3.8, 4) is 0 Å². The van der Waals surface area contributed by atoms with Gasteiger partial charge < -0.3 is 5.73 Å². The lowest BCUT2D eigenvalue weighted by atomic mass is 10.0. The SMILES string of the molecule is CCCCCCCCCC/C=C(/CCCCCCCCCC)C(N)=O. The van der Waals surface area contributed by atoms with Gasteiger partial charge in [0.2, 0.25) is 5.91 Å². The highest BCUT2D eigenvalue weighted by atomic mass is 16.1. The maximum absolute atomic E-state index is 11.6. The van der Waals surface area contributed by atoms with E-state index in [-0.39, 0.29) is 5.91 Å². The van der Waals surface area contributed by atoms with Crippen molar-refractivity contribution in [2.75, 3.05) is 0 Å². The van der Waals surface area contributed by atoms with Crippen LogP contribution in [0.15, 0.2) is 11.6 Å². The van der Waals surface area contributed by atoms with Gasteiger partial charge in [-0.15, -0.1) is 0 Å². The highest BCUT2D eigenvalue weighted by Gasteiger charge is 2.04.